The fourth-order valence-electron chi connectivity index (χ4n) is 2.07. The van der Waals surface area contributed by atoms with Crippen molar-refractivity contribution < 1.29 is 14.3 Å². The predicted molar refractivity (Wildman–Crippen MR) is 94.5 cm³/mol. The first-order valence-corrected chi connectivity index (χ1v) is 8.20. The summed E-state index contributed by atoms with van der Waals surface area (Å²) in [5, 5.41) is 3.40. The second-order valence-corrected chi connectivity index (χ2v) is 6.11. The summed E-state index contributed by atoms with van der Waals surface area (Å²) in [7, 11) is 0. The van der Waals surface area contributed by atoms with Gasteiger partial charge in [0.05, 0.1) is 5.56 Å². The molecule has 1 N–H and O–H groups in total. The number of ether oxygens (including phenoxy) is 1. The van der Waals surface area contributed by atoms with E-state index in [4.69, 9.17) is 27.9 Å². The molecule has 0 aliphatic rings. The molecule has 0 radical (unpaired) electrons. The van der Waals surface area contributed by atoms with Crippen LogP contribution in [0.4, 0.5) is 0 Å². The highest BCUT2D eigenvalue weighted by Gasteiger charge is 2.19. The monoisotopic (exact) mass is 365 g/mol. The van der Waals surface area contributed by atoms with Crippen LogP contribution >= 0.6 is 23.2 Å². The summed E-state index contributed by atoms with van der Waals surface area (Å²) in [4.78, 5) is 24.0. The number of amides is 1. The van der Waals surface area contributed by atoms with E-state index in [0.717, 1.165) is 5.56 Å². The average molecular weight is 366 g/mol. The molecular formula is C18H17Cl2NO3. The van der Waals surface area contributed by atoms with Gasteiger partial charge in [-0.15, -0.1) is 0 Å². The van der Waals surface area contributed by atoms with Crippen molar-refractivity contribution in [3.8, 4) is 0 Å². The maximum atomic E-state index is 12.0. The number of esters is 1. The molecule has 0 fully saturated rings. The van der Waals surface area contributed by atoms with Gasteiger partial charge in [0.2, 0.25) is 0 Å². The topological polar surface area (TPSA) is 55.4 Å². The van der Waals surface area contributed by atoms with Gasteiger partial charge >= 0.3 is 5.97 Å². The molecule has 0 bridgehead atoms. The van der Waals surface area contributed by atoms with E-state index in [0.29, 0.717) is 23.0 Å². The van der Waals surface area contributed by atoms with Gasteiger partial charge in [0, 0.05) is 16.6 Å². The van der Waals surface area contributed by atoms with E-state index in [1.807, 2.05) is 30.3 Å². The number of carbonyl (C=O) groups is 2. The SMILES string of the molecule is CC(OC(=O)c1cc(Cl)cc(Cl)c1)C(=O)NCCc1ccccc1. The number of hydrogen-bond acceptors (Lipinski definition) is 3. The molecule has 2 rings (SSSR count). The van der Waals surface area contributed by atoms with Crippen LogP contribution in [0.15, 0.2) is 48.5 Å². The van der Waals surface area contributed by atoms with Gasteiger partial charge in [-0.2, -0.15) is 0 Å². The average Bonchev–Trinajstić information content (AvgIpc) is 2.54. The Bertz CT molecular complexity index is 699. The van der Waals surface area contributed by atoms with Crippen LogP contribution in [-0.2, 0) is 16.0 Å². The molecular weight excluding hydrogens is 349 g/mol. The maximum absolute atomic E-state index is 12.0. The van der Waals surface area contributed by atoms with Crippen molar-refractivity contribution in [3.63, 3.8) is 0 Å². The molecule has 1 atom stereocenters. The van der Waals surface area contributed by atoms with Gasteiger partial charge in [0.1, 0.15) is 0 Å². The van der Waals surface area contributed by atoms with Crippen LogP contribution in [0.2, 0.25) is 10.0 Å². The minimum absolute atomic E-state index is 0.205. The molecule has 1 unspecified atom stereocenters. The van der Waals surface area contributed by atoms with Crippen LogP contribution in [0, 0.1) is 0 Å². The molecule has 0 aliphatic carbocycles. The Morgan fingerprint density at radius 2 is 1.71 bits per heavy atom. The Labute approximate surface area is 150 Å². The van der Waals surface area contributed by atoms with Crippen molar-refractivity contribution in [1.82, 2.24) is 5.32 Å². The third-order valence-corrected chi connectivity index (χ3v) is 3.74. The lowest BCUT2D eigenvalue weighted by molar-refractivity contribution is -0.129. The van der Waals surface area contributed by atoms with Gasteiger partial charge in [-0.1, -0.05) is 53.5 Å². The molecule has 0 heterocycles. The molecule has 0 aromatic heterocycles. The zero-order valence-electron chi connectivity index (χ0n) is 13.1. The number of nitrogens with one attached hydrogen (secondary N) is 1. The Kier molecular flexibility index (Phi) is 6.64. The quantitative estimate of drug-likeness (QED) is 0.789. The van der Waals surface area contributed by atoms with E-state index in [2.05, 4.69) is 5.32 Å². The van der Waals surface area contributed by atoms with E-state index in [1.165, 1.54) is 25.1 Å². The van der Waals surface area contributed by atoms with Crippen molar-refractivity contribution in [1.29, 1.82) is 0 Å². The van der Waals surface area contributed by atoms with Crippen LogP contribution in [0.25, 0.3) is 0 Å². The van der Waals surface area contributed by atoms with Gasteiger partial charge in [0.15, 0.2) is 6.10 Å². The van der Waals surface area contributed by atoms with Crippen molar-refractivity contribution in [2.75, 3.05) is 6.54 Å². The summed E-state index contributed by atoms with van der Waals surface area (Å²) in [6, 6.07) is 14.2. The lowest BCUT2D eigenvalue weighted by Crippen LogP contribution is -2.36. The first-order chi connectivity index (χ1) is 11.5. The predicted octanol–water partition coefficient (Wildman–Crippen LogP) is 3.90. The molecule has 1 amide bonds. The van der Waals surface area contributed by atoms with Crippen LogP contribution < -0.4 is 5.32 Å². The molecule has 4 nitrogen and oxygen atoms in total. The summed E-state index contributed by atoms with van der Waals surface area (Å²) >= 11 is 11.7. The standard InChI is InChI=1S/C18H17Cl2NO3/c1-12(17(22)21-8-7-13-5-3-2-4-6-13)24-18(23)14-9-15(19)11-16(20)10-14/h2-6,9-12H,7-8H2,1H3,(H,21,22). The summed E-state index contributed by atoms with van der Waals surface area (Å²) in [6.45, 7) is 1.98. The fourth-order valence-corrected chi connectivity index (χ4v) is 2.60. The van der Waals surface area contributed by atoms with Gasteiger partial charge in [-0.25, -0.2) is 4.79 Å². The zero-order valence-corrected chi connectivity index (χ0v) is 14.6. The highest BCUT2D eigenvalue weighted by atomic mass is 35.5. The lowest BCUT2D eigenvalue weighted by atomic mass is 10.1. The number of carbonyl (C=O) groups excluding carboxylic acids is 2. The van der Waals surface area contributed by atoms with Crippen LogP contribution in [0.3, 0.4) is 0 Å². The third-order valence-electron chi connectivity index (χ3n) is 3.31. The summed E-state index contributed by atoms with van der Waals surface area (Å²) in [6.07, 6.45) is -0.206. The number of rotatable bonds is 6. The summed E-state index contributed by atoms with van der Waals surface area (Å²) in [5.74, 6) is -1.00. The van der Waals surface area contributed by atoms with E-state index < -0.39 is 12.1 Å². The Morgan fingerprint density at radius 1 is 1.08 bits per heavy atom. The highest BCUT2D eigenvalue weighted by Crippen LogP contribution is 2.20. The molecule has 0 saturated carbocycles. The lowest BCUT2D eigenvalue weighted by Gasteiger charge is -2.14. The molecule has 24 heavy (non-hydrogen) atoms. The fraction of sp³-hybridized carbons (Fsp3) is 0.222. The van der Waals surface area contributed by atoms with Crippen LogP contribution in [0.5, 0.6) is 0 Å². The Hall–Kier alpha value is -2.04. The molecule has 0 saturated heterocycles. The minimum atomic E-state index is -0.911. The Morgan fingerprint density at radius 3 is 2.33 bits per heavy atom. The van der Waals surface area contributed by atoms with E-state index in [9.17, 15) is 9.59 Å². The molecule has 0 spiro atoms. The van der Waals surface area contributed by atoms with Crippen LogP contribution in [-0.4, -0.2) is 24.5 Å². The highest BCUT2D eigenvalue weighted by molar-refractivity contribution is 6.35. The molecule has 126 valence electrons. The zero-order chi connectivity index (χ0) is 17.5. The third kappa shape index (κ3) is 5.55. The first kappa shape index (κ1) is 18.3. The van der Waals surface area contributed by atoms with Crippen molar-refractivity contribution in [2.45, 2.75) is 19.4 Å². The van der Waals surface area contributed by atoms with Crippen molar-refractivity contribution in [2.24, 2.45) is 0 Å². The second kappa shape index (κ2) is 8.71. The minimum Gasteiger partial charge on any atom is -0.449 e. The second-order valence-electron chi connectivity index (χ2n) is 5.23. The Balaban J connectivity index is 1.83. The summed E-state index contributed by atoms with van der Waals surface area (Å²) < 4.78 is 5.14. The molecule has 0 aliphatic heterocycles. The van der Waals surface area contributed by atoms with Gasteiger partial charge in [-0.05, 0) is 37.1 Å². The normalized spacial score (nSPS) is 11.6. The number of halogens is 2. The van der Waals surface area contributed by atoms with Gasteiger partial charge in [-0.3, -0.25) is 4.79 Å². The summed E-state index contributed by atoms with van der Waals surface area (Å²) in [5.41, 5.74) is 1.33. The molecule has 6 heteroatoms. The van der Waals surface area contributed by atoms with Gasteiger partial charge < -0.3 is 10.1 Å². The molecule has 2 aromatic rings. The smallest absolute Gasteiger partial charge is 0.339 e. The largest absolute Gasteiger partial charge is 0.449 e. The molecule has 2 aromatic carbocycles. The first-order valence-electron chi connectivity index (χ1n) is 7.44. The van der Waals surface area contributed by atoms with E-state index >= 15 is 0 Å². The van der Waals surface area contributed by atoms with Gasteiger partial charge in [0.25, 0.3) is 5.91 Å². The van der Waals surface area contributed by atoms with E-state index in [-0.39, 0.29) is 11.5 Å². The van der Waals surface area contributed by atoms with Crippen molar-refractivity contribution >= 4 is 35.1 Å². The maximum Gasteiger partial charge on any atom is 0.339 e. The van der Waals surface area contributed by atoms with E-state index in [1.54, 1.807) is 0 Å². The van der Waals surface area contributed by atoms with Crippen molar-refractivity contribution in [3.05, 3.63) is 69.7 Å². The number of hydrogen-bond donors (Lipinski definition) is 1. The number of benzene rings is 2. The van der Waals surface area contributed by atoms with Crippen LogP contribution in [0.1, 0.15) is 22.8 Å².